The maximum Gasteiger partial charge on any atom is 0.416 e. The highest BCUT2D eigenvalue weighted by Crippen LogP contribution is 2.40. The van der Waals surface area contributed by atoms with E-state index >= 15 is 0 Å². The molecule has 0 aliphatic heterocycles. The Kier molecular flexibility index (Phi) is 5.22. The number of nitrogens with zero attached hydrogens (tertiary/aromatic N) is 4. The molecule has 1 aliphatic rings. The van der Waals surface area contributed by atoms with Gasteiger partial charge in [-0.3, -0.25) is 0 Å². The van der Waals surface area contributed by atoms with Crippen LogP contribution in [0.1, 0.15) is 55.7 Å². The Morgan fingerprint density at radius 2 is 1.89 bits per heavy atom. The van der Waals surface area contributed by atoms with Crippen molar-refractivity contribution >= 4 is 23.1 Å². The number of benzene rings is 1. The topological polar surface area (TPSA) is 43.6 Å². The van der Waals surface area contributed by atoms with Crippen LogP contribution in [-0.2, 0) is 11.9 Å². The molecule has 0 unspecified atom stereocenters. The van der Waals surface area contributed by atoms with Crippen molar-refractivity contribution in [3.8, 4) is 10.6 Å². The average Bonchev–Trinajstić information content (AvgIpc) is 3.22. The number of alkyl halides is 3. The molecule has 2 aromatic heterocycles. The first-order valence-corrected chi connectivity index (χ1v) is 10.9. The molecule has 4 rings (SSSR count). The summed E-state index contributed by atoms with van der Waals surface area (Å²) in [6, 6.07) is 5.63. The van der Waals surface area contributed by atoms with Gasteiger partial charge in [0.1, 0.15) is 10.8 Å². The van der Waals surface area contributed by atoms with Gasteiger partial charge in [0.15, 0.2) is 5.16 Å². The van der Waals surface area contributed by atoms with Crippen molar-refractivity contribution in [1.82, 2.24) is 19.7 Å². The molecular formula is C19H19F3N4S2. The number of hydrogen-bond acceptors (Lipinski definition) is 5. The minimum Gasteiger partial charge on any atom is -0.303 e. The second-order valence-corrected chi connectivity index (χ2v) is 8.91. The van der Waals surface area contributed by atoms with Gasteiger partial charge in [-0.25, -0.2) is 4.98 Å². The molecule has 0 radical (unpaired) electrons. The lowest BCUT2D eigenvalue weighted by Gasteiger charge is -2.10. The summed E-state index contributed by atoms with van der Waals surface area (Å²) >= 11 is 3.04. The largest absolute Gasteiger partial charge is 0.416 e. The lowest BCUT2D eigenvalue weighted by Crippen LogP contribution is -2.04. The van der Waals surface area contributed by atoms with Crippen molar-refractivity contribution in [2.75, 3.05) is 0 Å². The van der Waals surface area contributed by atoms with Crippen molar-refractivity contribution in [1.29, 1.82) is 0 Å². The van der Waals surface area contributed by atoms with Gasteiger partial charge >= 0.3 is 6.18 Å². The van der Waals surface area contributed by atoms with Gasteiger partial charge in [-0.2, -0.15) is 13.2 Å². The van der Waals surface area contributed by atoms with Crippen LogP contribution >= 0.6 is 23.1 Å². The van der Waals surface area contributed by atoms with Crippen molar-refractivity contribution in [3.05, 3.63) is 46.7 Å². The van der Waals surface area contributed by atoms with Crippen molar-refractivity contribution in [3.63, 3.8) is 0 Å². The van der Waals surface area contributed by atoms with Crippen molar-refractivity contribution in [2.24, 2.45) is 0 Å². The summed E-state index contributed by atoms with van der Waals surface area (Å²) in [5.41, 5.74) is 0.933. The van der Waals surface area contributed by atoms with E-state index in [0.717, 1.165) is 33.8 Å². The van der Waals surface area contributed by atoms with Gasteiger partial charge in [0.05, 0.1) is 11.3 Å². The molecule has 4 nitrogen and oxygen atoms in total. The molecule has 1 saturated carbocycles. The van der Waals surface area contributed by atoms with Crippen LogP contribution in [0, 0.1) is 0 Å². The fourth-order valence-corrected chi connectivity index (χ4v) is 4.74. The number of thiazole rings is 1. The lowest BCUT2D eigenvalue weighted by atomic mass is 10.1. The van der Waals surface area contributed by atoms with Gasteiger partial charge in [0.25, 0.3) is 0 Å². The maximum absolute atomic E-state index is 12.7. The van der Waals surface area contributed by atoms with E-state index in [1.165, 1.54) is 36.3 Å². The molecule has 0 bridgehead atoms. The summed E-state index contributed by atoms with van der Waals surface area (Å²) in [6.45, 7) is 4.24. The third kappa shape index (κ3) is 4.10. The number of halogens is 3. The Hall–Kier alpha value is -1.87. The predicted octanol–water partition coefficient (Wildman–Crippen LogP) is 6.17. The average molecular weight is 425 g/mol. The fourth-order valence-electron chi connectivity index (χ4n) is 2.90. The van der Waals surface area contributed by atoms with Crippen LogP contribution in [-0.4, -0.2) is 19.7 Å². The van der Waals surface area contributed by atoms with Crippen molar-refractivity contribution in [2.45, 2.75) is 55.7 Å². The van der Waals surface area contributed by atoms with Crippen LogP contribution < -0.4 is 0 Å². The van der Waals surface area contributed by atoms with Crippen LogP contribution in [0.3, 0.4) is 0 Å². The van der Waals surface area contributed by atoms with Gasteiger partial charge in [-0.1, -0.05) is 37.7 Å². The first-order valence-electron chi connectivity index (χ1n) is 9.02. The summed E-state index contributed by atoms with van der Waals surface area (Å²) in [5, 5.41) is 12.3. The van der Waals surface area contributed by atoms with E-state index in [1.807, 2.05) is 5.38 Å². The van der Waals surface area contributed by atoms with E-state index in [9.17, 15) is 13.2 Å². The van der Waals surface area contributed by atoms with Gasteiger partial charge in [0, 0.05) is 28.7 Å². The zero-order chi connectivity index (χ0) is 19.9. The zero-order valence-electron chi connectivity index (χ0n) is 15.4. The number of rotatable bonds is 6. The molecule has 28 heavy (non-hydrogen) atoms. The molecule has 3 aromatic rings. The van der Waals surface area contributed by atoms with Gasteiger partial charge < -0.3 is 4.57 Å². The van der Waals surface area contributed by atoms with Gasteiger partial charge in [-0.15, -0.1) is 21.5 Å². The van der Waals surface area contributed by atoms with E-state index < -0.39 is 11.7 Å². The Bertz CT molecular complexity index is 956. The summed E-state index contributed by atoms with van der Waals surface area (Å²) < 4.78 is 40.4. The normalized spacial score (nSPS) is 14.8. The molecule has 1 aromatic carbocycles. The molecule has 2 heterocycles. The minimum absolute atomic E-state index is 0.327. The lowest BCUT2D eigenvalue weighted by molar-refractivity contribution is -0.137. The predicted molar refractivity (Wildman–Crippen MR) is 104 cm³/mol. The van der Waals surface area contributed by atoms with E-state index in [4.69, 9.17) is 0 Å². The monoisotopic (exact) mass is 424 g/mol. The third-order valence-corrected chi connectivity index (χ3v) is 6.40. The molecule has 0 saturated heterocycles. The number of hydrogen-bond donors (Lipinski definition) is 0. The highest BCUT2D eigenvalue weighted by Gasteiger charge is 2.31. The SMILES string of the molecule is CC(C)c1nnc(SCc2csc(-c3ccc(C(F)(F)F)cc3)n2)n1C1CC1. The number of thioether (sulfide) groups is 1. The molecule has 0 atom stereocenters. The second-order valence-electron chi connectivity index (χ2n) is 7.10. The Morgan fingerprint density at radius 1 is 1.18 bits per heavy atom. The smallest absolute Gasteiger partial charge is 0.303 e. The van der Waals surface area contributed by atoms with E-state index in [1.54, 1.807) is 11.8 Å². The summed E-state index contributed by atoms with van der Waals surface area (Å²) in [4.78, 5) is 4.58. The molecule has 9 heteroatoms. The second kappa shape index (κ2) is 7.51. The van der Waals surface area contributed by atoms with Crippen LogP contribution in [0.5, 0.6) is 0 Å². The standard InChI is InChI=1S/C19H19F3N4S2/c1-11(2)16-24-25-18(26(16)15-7-8-15)28-10-14-9-27-17(23-14)12-3-5-13(6-4-12)19(20,21)22/h3-6,9,11,15H,7-8,10H2,1-2H3. The summed E-state index contributed by atoms with van der Waals surface area (Å²) in [7, 11) is 0. The Morgan fingerprint density at radius 3 is 2.50 bits per heavy atom. The van der Waals surface area contributed by atoms with Gasteiger partial charge in [-0.05, 0) is 25.0 Å². The molecule has 1 fully saturated rings. The van der Waals surface area contributed by atoms with Crippen molar-refractivity contribution < 1.29 is 13.2 Å². The quantitative estimate of drug-likeness (QED) is 0.444. The highest BCUT2D eigenvalue weighted by atomic mass is 32.2. The Balaban J connectivity index is 1.46. The molecule has 0 spiro atoms. The Labute approximate surface area is 169 Å². The molecule has 1 aliphatic carbocycles. The third-order valence-electron chi connectivity index (χ3n) is 4.48. The molecule has 0 N–H and O–H groups in total. The summed E-state index contributed by atoms with van der Waals surface area (Å²) in [5.74, 6) is 2.00. The van der Waals surface area contributed by atoms with Crippen LogP contribution in [0.2, 0.25) is 0 Å². The molecular weight excluding hydrogens is 405 g/mol. The van der Waals surface area contributed by atoms with Crippen LogP contribution in [0.25, 0.3) is 10.6 Å². The number of aromatic nitrogens is 4. The van der Waals surface area contributed by atoms with Crippen LogP contribution in [0.15, 0.2) is 34.8 Å². The maximum atomic E-state index is 12.7. The summed E-state index contributed by atoms with van der Waals surface area (Å²) in [6.07, 6.45) is -1.99. The van der Waals surface area contributed by atoms with E-state index in [0.29, 0.717) is 23.3 Å². The minimum atomic E-state index is -4.32. The van der Waals surface area contributed by atoms with Crippen LogP contribution in [0.4, 0.5) is 13.2 Å². The highest BCUT2D eigenvalue weighted by molar-refractivity contribution is 7.98. The first-order chi connectivity index (χ1) is 13.3. The molecule has 0 amide bonds. The fraction of sp³-hybridized carbons (Fsp3) is 0.421. The zero-order valence-corrected chi connectivity index (χ0v) is 17.0. The van der Waals surface area contributed by atoms with E-state index in [2.05, 4.69) is 33.6 Å². The first kappa shape index (κ1) is 19.4. The molecule has 148 valence electrons. The van der Waals surface area contributed by atoms with Gasteiger partial charge in [0.2, 0.25) is 0 Å². The van der Waals surface area contributed by atoms with E-state index in [-0.39, 0.29) is 0 Å².